The third kappa shape index (κ3) is 1.51. The SMILES string of the molecule is CC(=O)Cc1c(Cl)nc2ccccn12. The Morgan fingerprint density at radius 3 is 3.07 bits per heavy atom. The molecule has 0 aliphatic carbocycles. The van der Waals surface area contributed by atoms with Gasteiger partial charge in [0.15, 0.2) is 5.15 Å². The van der Waals surface area contributed by atoms with Crippen LogP contribution in [0.3, 0.4) is 0 Å². The van der Waals surface area contributed by atoms with E-state index in [1.54, 1.807) is 6.92 Å². The van der Waals surface area contributed by atoms with Crippen molar-refractivity contribution in [3.8, 4) is 0 Å². The average molecular weight is 209 g/mol. The number of carbonyl (C=O) groups excluding carboxylic acids is 1. The van der Waals surface area contributed by atoms with Crippen LogP contribution < -0.4 is 0 Å². The summed E-state index contributed by atoms with van der Waals surface area (Å²) in [6, 6.07) is 5.63. The lowest BCUT2D eigenvalue weighted by Crippen LogP contribution is -2.00. The number of nitrogens with zero attached hydrogens (tertiary/aromatic N) is 2. The molecule has 0 saturated heterocycles. The van der Waals surface area contributed by atoms with E-state index in [1.807, 2.05) is 28.8 Å². The molecule has 72 valence electrons. The Kier molecular flexibility index (Phi) is 2.25. The predicted molar refractivity (Wildman–Crippen MR) is 54.6 cm³/mol. The van der Waals surface area contributed by atoms with Crippen molar-refractivity contribution in [2.24, 2.45) is 0 Å². The van der Waals surface area contributed by atoms with Gasteiger partial charge in [-0.15, -0.1) is 0 Å². The maximum Gasteiger partial charge on any atom is 0.151 e. The zero-order chi connectivity index (χ0) is 10.1. The average Bonchev–Trinajstić information content (AvgIpc) is 2.43. The monoisotopic (exact) mass is 208 g/mol. The van der Waals surface area contributed by atoms with Crippen molar-refractivity contribution in [1.29, 1.82) is 0 Å². The summed E-state index contributed by atoms with van der Waals surface area (Å²) in [5.74, 6) is 0.0811. The summed E-state index contributed by atoms with van der Waals surface area (Å²) in [5, 5.41) is 0.409. The van der Waals surface area contributed by atoms with E-state index >= 15 is 0 Å². The summed E-state index contributed by atoms with van der Waals surface area (Å²) < 4.78 is 1.84. The molecule has 0 N–H and O–H groups in total. The minimum absolute atomic E-state index is 0.0811. The first-order valence-electron chi connectivity index (χ1n) is 4.29. The fourth-order valence-electron chi connectivity index (χ4n) is 1.41. The van der Waals surface area contributed by atoms with Gasteiger partial charge in [-0.25, -0.2) is 4.98 Å². The number of imidazole rings is 1. The summed E-state index contributed by atoms with van der Waals surface area (Å²) in [4.78, 5) is 15.1. The smallest absolute Gasteiger partial charge is 0.151 e. The molecule has 0 aromatic carbocycles. The van der Waals surface area contributed by atoms with Crippen molar-refractivity contribution < 1.29 is 4.79 Å². The van der Waals surface area contributed by atoms with Crippen LogP contribution in [0.25, 0.3) is 5.65 Å². The lowest BCUT2D eigenvalue weighted by atomic mass is 10.2. The van der Waals surface area contributed by atoms with Crippen molar-refractivity contribution in [3.05, 3.63) is 35.2 Å². The second kappa shape index (κ2) is 3.42. The fraction of sp³-hybridized carbons (Fsp3) is 0.200. The van der Waals surface area contributed by atoms with Gasteiger partial charge in [0, 0.05) is 12.6 Å². The number of pyridine rings is 1. The maximum absolute atomic E-state index is 11.0. The predicted octanol–water partition coefficient (Wildman–Crippen LogP) is 2.12. The zero-order valence-corrected chi connectivity index (χ0v) is 8.45. The first-order chi connectivity index (χ1) is 6.68. The van der Waals surface area contributed by atoms with Gasteiger partial charge in [0.2, 0.25) is 0 Å². The standard InChI is InChI=1S/C10H9ClN2O/c1-7(14)6-8-10(11)12-9-4-2-3-5-13(8)9/h2-5H,6H2,1H3. The molecule has 2 aromatic rings. The van der Waals surface area contributed by atoms with Crippen molar-refractivity contribution in [3.63, 3.8) is 0 Å². The second-order valence-corrected chi connectivity index (χ2v) is 3.51. The molecule has 0 spiro atoms. The minimum atomic E-state index is 0.0811. The van der Waals surface area contributed by atoms with Crippen molar-refractivity contribution in [1.82, 2.24) is 9.38 Å². The number of fused-ring (bicyclic) bond motifs is 1. The van der Waals surface area contributed by atoms with Gasteiger partial charge in [0.25, 0.3) is 0 Å². The van der Waals surface area contributed by atoms with E-state index < -0.39 is 0 Å². The largest absolute Gasteiger partial charge is 0.302 e. The Hall–Kier alpha value is -1.35. The number of rotatable bonds is 2. The van der Waals surface area contributed by atoms with Crippen LogP contribution >= 0.6 is 11.6 Å². The summed E-state index contributed by atoms with van der Waals surface area (Å²) in [6.45, 7) is 1.54. The first-order valence-corrected chi connectivity index (χ1v) is 4.67. The van der Waals surface area contributed by atoms with Gasteiger partial charge in [-0.3, -0.25) is 4.79 Å². The van der Waals surface area contributed by atoms with E-state index in [-0.39, 0.29) is 5.78 Å². The minimum Gasteiger partial charge on any atom is -0.302 e. The molecule has 4 heteroatoms. The van der Waals surface area contributed by atoms with E-state index in [0.29, 0.717) is 11.6 Å². The van der Waals surface area contributed by atoms with Crippen LogP contribution in [0.1, 0.15) is 12.6 Å². The van der Waals surface area contributed by atoms with Gasteiger partial charge in [0.05, 0.1) is 5.69 Å². The second-order valence-electron chi connectivity index (χ2n) is 3.16. The molecule has 0 aliphatic rings. The number of Topliss-reactive ketones (excluding diaryl/α,β-unsaturated/α-hetero) is 1. The molecule has 2 heterocycles. The quantitative estimate of drug-likeness (QED) is 0.758. The Bertz CT molecular complexity index is 490. The third-order valence-corrected chi connectivity index (χ3v) is 2.30. The van der Waals surface area contributed by atoms with E-state index in [2.05, 4.69) is 4.98 Å². The van der Waals surface area contributed by atoms with E-state index in [0.717, 1.165) is 11.3 Å². The van der Waals surface area contributed by atoms with Crippen LogP contribution in [0, 0.1) is 0 Å². The van der Waals surface area contributed by atoms with Gasteiger partial charge >= 0.3 is 0 Å². The van der Waals surface area contributed by atoms with Gasteiger partial charge in [-0.05, 0) is 19.1 Å². The van der Waals surface area contributed by atoms with Gasteiger partial charge < -0.3 is 4.40 Å². The van der Waals surface area contributed by atoms with Gasteiger partial charge in [0.1, 0.15) is 11.4 Å². The Balaban J connectivity index is 2.62. The van der Waals surface area contributed by atoms with Crippen LogP contribution in [0.5, 0.6) is 0 Å². The zero-order valence-electron chi connectivity index (χ0n) is 7.70. The molecule has 0 unspecified atom stereocenters. The van der Waals surface area contributed by atoms with E-state index in [1.165, 1.54) is 0 Å². The van der Waals surface area contributed by atoms with Crippen molar-refractivity contribution in [2.75, 3.05) is 0 Å². The normalized spacial score (nSPS) is 10.7. The van der Waals surface area contributed by atoms with Crippen LogP contribution in [-0.2, 0) is 11.2 Å². The summed E-state index contributed by atoms with van der Waals surface area (Å²) in [5.41, 5.74) is 1.53. The van der Waals surface area contributed by atoms with E-state index in [4.69, 9.17) is 11.6 Å². The number of aromatic nitrogens is 2. The number of hydrogen-bond donors (Lipinski definition) is 0. The highest BCUT2D eigenvalue weighted by molar-refractivity contribution is 6.30. The highest BCUT2D eigenvalue weighted by Gasteiger charge is 2.10. The number of ketones is 1. The Labute approximate surface area is 86.3 Å². The number of hydrogen-bond acceptors (Lipinski definition) is 2. The fourth-order valence-corrected chi connectivity index (χ4v) is 1.66. The molecule has 0 aliphatic heterocycles. The van der Waals surface area contributed by atoms with Crippen LogP contribution in [0.2, 0.25) is 5.15 Å². The molecule has 0 radical (unpaired) electrons. The van der Waals surface area contributed by atoms with Crippen LogP contribution in [0.4, 0.5) is 0 Å². The number of carbonyl (C=O) groups is 1. The highest BCUT2D eigenvalue weighted by Crippen LogP contribution is 2.17. The van der Waals surface area contributed by atoms with Gasteiger partial charge in [-0.1, -0.05) is 17.7 Å². The Morgan fingerprint density at radius 1 is 1.57 bits per heavy atom. The third-order valence-electron chi connectivity index (χ3n) is 2.00. The Morgan fingerprint density at radius 2 is 2.36 bits per heavy atom. The molecular weight excluding hydrogens is 200 g/mol. The van der Waals surface area contributed by atoms with Crippen LogP contribution in [0.15, 0.2) is 24.4 Å². The highest BCUT2D eigenvalue weighted by atomic mass is 35.5. The lowest BCUT2D eigenvalue weighted by molar-refractivity contribution is -0.116. The van der Waals surface area contributed by atoms with Crippen LogP contribution in [-0.4, -0.2) is 15.2 Å². The molecule has 0 amide bonds. The topological polar surface area (TPSA) is 34.4 Å². The molecule has 2 rings (SSSR count). The summed E-state index contributed by atoms with van der Waals surface area (Å²) in [7, 11) is 0. The molecular formula is C10H9ClN2O. The van der Waals surface area contributed by atoms with Crippen molar-refractivity contribution >= 4 is 23.0 Å². The van der Waals surface area contributed by atoms with E-state index in [9.17, 15) is 4.79 Å². The molecule has 0 saturated carbocycles. The van der Waals surface area contributed by atoms with Gasteiger partial charge in [-0.2, -0.15) is 0 Å². The van der Waals surface area contributed by atoms with Crippen molar-refractivity contribution in [2.45, 2.75) is 13.3 Å². The molecule has 14 heavy (non-hydrogen) atoms. The molecule has 0 atom stereocenters. The molecule has 0 fully saturated rings. The lowest BCUT2D eigenvalue weighted by Gasteiger charge is -1.98. The molecule has 3 nitrogen and oxygen atoms in total. The molecule has 2 aromatic heterocycles. The summed E-state index contributed by atoms with van der Waals surface area (Å²) >= 11 is 5.93. The number of halogens is 1. The maximum atomic E-state index is 11.0. The first kappa shape index (κ1) is 9.21. The summed E-state index contributed by atoms with van der Waals surface area (Å²) in [6.07, 6.45) is 2.18. The molecule has 0 bridgehead atoms.